The number of allylic oxidation sites excluding steroid dienone is 2. The van der Waals surface area contributed by atoms with Crippen molar-refractivity contribution >= 4 is 30.3 Å². The van der Waals surface area contributed by atoms with Crippen LogP contribution in [0, 0.1) is 5.92 Å². The molecule has 2 unspecified atom stereocenters. The minimum absolute atomic E-state index is 0.139. The molecule has 3 nitrogen and oxygen atoms in total. The molecular formula is C19H21NO2Si-. The van der Waals surface area contributed by atoms with Gasteiger partial charge in [-0.2, -0.15) is 19.6 Å². The van der Waals surface area contributed by atoms with Crippen LogP contribution in [0.25, 0.3) is 16.5 Å². The SMILES string of the molecule is C[Si-](C)(C)C1=C2c3nc4ccccc4cc3C(O)CC2CC1=O. The molecule has 1 N–H and O–H groups in total. The summed E-state index contributed by atoms with van der Waals surface area (Å²) in [6.45, 7) is 6.67. The lowest BCUT2D eigenvalue weighted by Gasteiger charge is -2.34. The van der Waals surface area contributed by atoms with Crippen molar-refractivity contribution in [3.05, 3.63) is 46.8 Å². The van der Waals surface area contributed by atoms with Crippen molar-refractivity contribution in [1.82, 2.24) is 4.98 Å². The lowest BCUT2D eigenvalue weighted by Crippen LogP contribution is -2.28. The first kappa shape index (κ1) is 14.8. The molecule has 2 aliphatic carbocycles. The molecule has 0 bridgehead atoms. The first-order valence-electron chi connectivity index (χ1n) is 8.22. The minimum Gasteiger partial charge on any atom is -0.388 e. The van der Waals surface area contributed by atoms with E-state index in [9.17, 15) is 9.90 Å². The van der Waals surface area contributed by atoms with E-state index in [1.807, 2.05) is 24.3 Å². The third-order valence-electron chi connectivity index (χ3n) is 5.01. The number of carbonyl (C=O) groups is 1. The van der Waals surface area contributed by atoms with Gasteiger partial charge < -0.3 is 5.11 Å². The Balaban J connectivity index is 2.05. The summed E-state index contributed by atoms with van der Waals surface area (Å²) in [6, 6.07) is 10.0. The van der Waals surface area contributed by atoms with E-state index in [1.165, 1.54) is 0 Å². The van der Waals surface area contributed by atoms with E-state index >= 15 is 0 Å². The zero-order valence-corrected chi connectivity index (χ0v) is 14.8. The van der Waals surface area contributed by atoms with Gasteiger partial charge in [-0.25, -0.2) is 4.98 Å². The van der Waals surface area contributed by atoms with E-state index in [-0.39, 0.29) is 11.7 Å². The van der Waals surface area contributed by atoms with E-state index in [1.54, 1.807) is 0 Å². The highest BCUT2D eigenvalue weighted by molar-refractivity contribution is 6.88. The van der Waals surface area contributed by atoms with Crippen molar-refractivity contribution in [2.45, 2.75) is 38.6 Å². The number of aliphatic hydroxyl groups is 1. The van der Waals surface area contributed by atoms with Crippen LogP contribution in [0.4, 0.5) is 0 Å². The van der Waals surface area contributed by atoms with Gasteiger partial charge in [0.1, 0.15) is 5.78 Å². The molecule has 1 aromatic carbocycles. The molecule has 0 spiro atoms. The molecule has 4 heteroatoms. The Morgan fingerprint density at radius 2 is 1.96 bits per heavy atom. The quantitative estimate of drug-likeness (QED) is 0.810. The average Bonchev–Trinajstić information content (AvgIpc) is 2.82. The number of rotatable bonds is 1. The van der Waals surface area contributed by atoms with Crippen LogP contribution in [-0.4, -0.2) is 23.9 Å². The summed E-state index contributed by atoms with van der Waals surface area (Å²) in [5.74, 6) is 0.416. The normalized spacial score (nSPS) is 24.1. The number of benzene rings is 1. The second-order valence-electron chi connectivity index (χ2n) is 7.73. The van der Waals surface area contributed by atoms with E-state index < -0.39 is 14.2 Å². The van der Waals surface area contributed by atoms with Gasteiger partial charge in [0.25, 0.3) is 0 Å². The summed E-state index contributed by atoms with van der Waals surface area (Å²) in [4.78, 5) is 17.5. The lowest BCUT2D eigenvalue weighted by atomic mass is 9.81. The molecule has 2 aromatic rings. The van der Waals surface area contributed by atoms with Crippen LogP contribution >= 0.6 is 0 Å². The summed E-state index contributed by atoms with van der Waals surface area (Å²) in [6.07, 6.45) is 0.659. The lowest BCUT2D eigenvalue weighted by molar-refractivity contribution is -0.115. The number of pyridine rings is 1. The molecule has 0 amide bonds. The zero-order chi connectivity index (χ0) is 16.4. The standard InChI is InChI=1S/C19H21NO2Si/c1-23(2,3)19-16(22)10-12-9-15(21)13-8-11-6-4-5-7-14(11)20-18(13)17(12)19/h4-8,12,15,21H,9-10H2,1-3H3/q-1. The first-order chi connectivity index (χ1) is 10.9. The molecule has 0 saturated carbocycles. The average molecular weight is 323 g/mol. The van der Waals surface area contributed by atoms with Gasteiger partial charge in [0, 0.05) is 17.4 Å². The number of hydrogen-bond acceptors (Lipinski definition) is 3. The second kappa shape index (κ2) is 4.85. The van der Waals surface area contributed by atoms with Crippen LogP contribution < -0.4 is 0 Å². The van der Waals surface area contributed by atoms with Crippen molar-refractivity contribution in [3.8, 4) is 0 Å². The Hall–Kier alpha value is -1.78. The molecule has 0 aliphatic heterocycles. The number of carbonyl (C=O) groups excluding carboxylic acids is 1. The fourth-order valence-electron chi connectivity index (χ4n) is 4.12. The highest BCUT2D eigenvalue weighted by Gasteiger charge is 2.40. The maximum atomic E-state index is 12.6. The fourth-order valence-corrected chi connectivity index (χ4v) is 6.19. The number of para-hydroxylation sites is 1. The van der Waals surface area contributed by atoms with E-state index in [0.29, 0.717) is 12.8 Å². The maximum Gasteiger partial charge on any atom is 0.126 e. The van der Waals surface area contributed by atoms with Gasteiger partial charge in [0.15, 0.2) is 0 Å². The number of aliphatic hydroxyl groups excluding tert-OH is 1. The molecule has 0 fully saturated rings. The monoisotopic (exact) mass is 323 g/mol. The summed E-state index contributed by atoms with van der Waals surface area (Å²) in [5, 5.41) is 12.7. The van der Waals surface area contributed by atoms with Crippen LogP contribution in [-0.2, 0) is 4.79 Å². The molecule has 2 aliphatic rings. The Labute approximate surface area is 137 Å². The molecule has 23 heavy (non-hydrogen) atoms. The molecule has 119 valence electrons. The highest BCUT2D eigenvalue weighted by atomic mass is 28.3. The van der Waals surface area contributed by atoms with Gasteiger partial charge in [-0.05, 0) is 30.0 Å². The van der Waals surface area contributed by atoms with E-state index in [2.05, 4.69) is 25.7 Å². The molecule has 4 rings (SSSR count). The van der Waals surface area contributed by atoms with Crippen molar-refractivity contribution in [2.24, 2.45) is 5.92 Å². The van der Waals surface area contributed by atoms with Gasteiger partial charge in [0.05, 0.1) is 17.3 Å². The van der Waals surface area contributed by atoms with Crippen LogP contribution in [0.2, 0.25) is 19.6 Å². The Bertz CT molecular complexity index is 863. The number of hydrogen-bond donors (Lipinski definition) is 1. The number of Topliss-reactive ketones (excluding diaryl/α,β-unsaturated/α-hetero) is 1. The Morgan fingerprint density at radius 1 is 1.22 bits per heavy atom. The highest BCUT2D eigenvalue weighted by Crippen LogP contribution is 2.49. The van der Waals surface area contributed by atoms with Gasteiger partial charge in [0.2, 0.25) is 0 Å². The fraction of sp³-hybridized carbons (Fsp3) is 0.368. The smallest absolute Gasteiger partial charge is 0.126 e. The van der Waals surface area contributed by atoms with Gasteiger partial charge in [-0.15, -0.1) is 13.3 Å². The number of aromatic nitrogens is 1. The Morgan fingerprint density at radius 3 is 2.70 bits per heavy atom. The molecule has 0 saturated heterocycles. The molecule has 1 aromatic heterocycles. The molecular weight excluding hydrogens is 302 g/mol. The summed E-state index contributed by atoms with van der Waals surface area (Å²) >= 11 is 0. The topological polar surface area (TPSA) is 50.2 Å². The molecule has 0 radical (unpaired) electrons. The number of fused-ring (bicyclic) bond motifs is 4. The molecule has 2 atom stereocenters. The van der Waals surface area contributed by atoms with Crippen molar-refractivity contribution < 1.29 is 9.90 Å². The van der Waals surface area contributed by atoms with Gasteiger partial charge >= 0.3 is 0 Å². The summed E-state index contributed by atoms with van der Waals surface area (Å²) in [5.41, 5.74) is 3.83. The third kappa shape index (κ3) is 2.20. The number of nitrogens with zero attached hydrogens (tertiary/aromatic N) is 1. The number of ketones is 1. The zero-order valence-electron chi connectivity index (χ0n) is 13.8. The summed E-state index contributed by atoms with van der Waals surface area (Å²) in [7, 11) is -1.74. The van der Waals surface area contributed by atoms with Gasteiger partial charge in [-0.3, -0.25) is 4.79 Å². The minimum atomic E-state index is -1.74. The van der Waals surface area contributed by atoms with Crippen LogP contribution in [0.15, 0.2) is 35.5 Å². The van der Waals surface area contributed by atoms with E-state index in [0.717, 1.165) is 32.9 Å². The first-order valence-corrected chi connectivity index (χ1v) is 11.7. The predicted molar refractivity (Wildman–Crippen MR) is 94.7 cm³/mol. The maximum absolute atomic E-state index is 12.6. The third-order valence-corrected chi connectivity index (χ3v) is 7.06. The largest absolute Gasteiger partial charge is 0.388 e. The van der Waals surface area contributed by atoms with Crippen molar-refractivity contribution in [2.75, 3.05) is 0 Å². The van der Waals surface area contributed by atoms with Crippen LogP contribution in [0.1, 0.15) is 30.2 Å². The molecule has 1 heterocycles. The van der Waals surface area contributed by atoms with Crippen molar-refractivity contribution in [3.63, 3.8) is 0 Å². The second-order valence-corrected chi connectivity index (χ2v) is 12.7. The van der Waals surface area contributed by atoms with Crippen LogP contribution in [0.3, 0.4) is 0 Å². The van der Waals surface area contributed by atoms with Crippen molar-refractivity contribution in [1.29, 1.82) is 0 Å². The predicted octanol–water partition coefficient (Wildman–Crippen LogP) is 3.89. The van der Waals surface area contributed by atoms with Crippen LogP contribution in [0.5, 0.6) is 0 Å². The van der Waals surface area contributed by atoms with E-state index in [4.69, 9.17) is 4.98 Å². The van der Waals surface area contributed by atoms with Gasteiger partial charge in [-0.1, -0.05) is 18.2 Å². The Kier molecular flexibility index (Phi) is 3.12. The summed E-state index contributed by atoms with van der Waals surface area (Å²) < 4.78 is 0.